The molecule has 5 nitrogen and oxygen atoms in total. The number of nitrogens with zero attached hydrogens (tertiary/aromatic N) is 3. The fourth-order valence-corrected chi connectivity index (χ4v) is 2.60. The summed E-state index contributed by atoms with van der Waals surface area (Å²) < 4.78 is 0. The number of aromatic nitrogens is 3. The Morgan fingerprint density at radius 3 is 2.35 bits per heavy atom. The summed E-state index contributed by atoms with van der Waals surface area (Å²) in [6.07, 6.45) is 2.72. The lowest BCUT2D eigenvalue weighted by Crippen LogP contribution is -2.10. The van der Waals surface area contributed by atoms with Crippen molar-refractivity contribution in [2.45, 2.75) is 40.7 Å². The quantitative estimate of drug-likeness (QED) is 0.856. The molecule has 2 aromatic rings. The van der Waals surface area contributed by atoms with Crippen LogP contribution in [0.2, 0.25) is 0 Å². The highest BCUT2D eigenvalue weighted by Crippen LogP contribution is 2.21. The van der Waals surface area contributed by atoms with Gasteiger partial charge in [-0.15, -0.1) is 11.3 Å². The van der Waals surface area contributed by atoms with Gasteiger partial charge in [0.25, 0.3) is 0 Å². The van der Waals surface area contributed by atoms with Crippen LogP contribution >= 0.6 is 11.3 Å². The molecule has 2 N–H and O–H groups in total. The normalized spacial score (nSPS) is 10.6. The Hall–Kier alpha value is -1.69. The Morgan fingerprint density at radius 2 is 1.80 bits per heavy atom. The third kappa shape index (κ3) is 3.45. The molecule has 0 radical (unpaired) electrons. The molecule has 6 heteroatoms. The maximum Gasteiger partial charge on any atom is 0.135 e. The number of aryl methyl sites for hydroxylation is 2. The van der Waals surface area contributed by atoms with Crippen molar-refractivity contribution >= 4 is 23.0 Å². The number of thiazole rings is 1. The van der Waals surface area contributed by atoms with E-state index in [1.54, 1.807) is 11.3 Å². The summed E-state index contributed by atoms with van der Waals surface area (Å²) in [5.41, 5.74) is 1.05. The summed E-state index contributed by atoms with van der Waals surface area (Å²) >= 11 is 1.70. The number of hydrogen-bond acceptors (Lipinski definition) is 6. The van der Waals surface area contributed by atoms with E-state index in [1.807, 2.05) is 13.1 Å². The van der Waals surface area contributed by atoms with Crippen LogP contribution in [0.25, 0.3) is 0 Å². The summed E-state index contributed by atoms with van der Waals surface area (Å²) in [5, 5.41) is 7.73. The van der Waals surface area contributed by atoms with E-state index in [1.165, 1.54) is 4.88 Å². The zero-order chi connectivity index (χ0) is 14.5. The van der Waals surface area contributed by atoms with Crippen molar-refractivity contribution in [2.24, 2.45) is 0 Å². The molecule has 108 valence electrons. The molecule has 2 heterocycles. The van der Waals surface area contributed by atoms with Gasteiger partial charge in [-0.05, 0) is 20.8 Å². The van der Waals surface area contributed by atoms with Gasteiger partial charge < -0.3 is 10.6 Å². The summed E-state index contributed by atoms with van der Waals surface area (Å²) in [6.45, 7) is 9.78. The standard InChI is InChI=1S/C14H21N5S/c1-5-11-18-13(15-6-2)10(4)14(19-11)17-8-12-16-7-9(3)20-12/h7H,5-6,8H2,1-4H3,(H2,15,17,18,19). The monoisotopic (exact) mass is 291 g/mol. The molecule has 0 atom stereocenters. The van der Waals surface area contributed by atoms with Gasteiger partial charge in [0, 0.05) is 29.6 Å². The van der Waals surface area contributed by atoms with Gasteiger partial charge >= 0.3 is 0 Å². The first-order valence-corrected chi connectivity index (χ1v) is 7.72. The van der Waals surface area contributed by atoms with Gasteiger partial charge in [-0.3, -0.25) is 0 Å². The van der Waals surface area contributed by atoms with Crippen LogP contribution in [0.1, 0.15) is 35.1 Å². The first kappa shape index (κ1) is 14.7. The summed E-state index contributed by atoms with van der Waals surface area (Å²) in [5.74, 6) is 2.65. The molecular formula is C14H21N5S. The van der Waals surface area contributed by atoms with Crippen LogP contribution in [0.3, 0.4) is 0 Å². The molecule has 0 aliphatic rings. The molecule has 0 aromatic carbocycles. The van der Waals surface area contributed by atoms with Gasteiger partial charge in [0.2, 0.25) is 0 Å². The first-order chi connectivity index (χ1) is 9.63. The Morgan fingerprint density at radius 1 is 1.10 bits per heavy atom. The summed E-state index contributed by atoms with van der Waals surface area (Å²) in [7, 11) is 0. The number of anilines is 2. The molecule has 0 unspecified atom stereocenters. The maximum atomic E-state index is 4.57. The Balaban J connectivity index is 2.19. The van der Waals surface area contributed by atoms with Crippen LogP contribution < -0.4 is 10.6 Å². The molecule has 0 amide bonds. The molecule has 0 saturated carbocycles. The Bertz CT molecular complexity index is 579. The lowest BCUT2D eigenvalue weighted by molar-refractivity contribution is 0.918. The molecule has 20 heavy (non-hydrogen) atoms. The van der Waals surface area contributed by atoms with E-state index >= 15 is 0 Å². The second-order valence-electron chi connectivity index (χ2n) is 4.56. The van der Waals surface area contributed by atoms with Gasteiger partial charge in [-0.2, -0.15) is 0 Å². The van der Waals surface area contributed by atoms with Crippen LogP contribution in [-0.2, 0) is 13.0 Å². The third-order valence-corrected chi connectivity index (χ3v) is 3.84. The molecule has 0 spiro atoms. The summed E-state index contributed by atoms with van der Waals surface area (Å²) in [6, 6.07) is 0. The van der Waals surface area contributed by atoms with E-state index in [2.05, 4.69) is 46.4 Å². The fourth-order valence-electron chi connectivity index (χ4n) is 1.88. The molecular weight excluding hydrogens is 270 g/mol. The van der Waals surface area contributed by atoms with Gasteiger partial charge in [0.1, 0.15) is 22.5 Å². The molecule has 0 fully saturated rings. The van der Waals surface area contributed by atoms with Crippen LogP contribution in [0.15, 0.2) is 6.20 Å². The van der Waals surface area contributed by atoms with Crippen LogP contribution in [-0.4, -0.2) is 21.5 Å². The number of rotatable bonds is 6. The Labute approximate surface area is 123 Å². The van der Waals surface area contributed by atoms with Crippen molar-refractivity contribution in [2.75, 3.05) is 17.2 Å². The lowest BCUT2D eigenvalue weighted by Gasteiger charge is -2.13. The minimum atomic E-state index is 0.699. The molecule has 2 aromatic heterocycles. The zero-order valence-corrected chi connectivity index (χ0v) is 13.3. The number of nitrogens with one attached hydrogen (secondary N) is 2. The van der Waals surface area contributed by atoms with E-state index in [4.69, 9.17) is 0 Å². The average molecular weight is 291 g/mol. The second-order valence-corrected chi connectivity index (χ2v) is 5.88. The SMILES string of the molecule is CCNc1nc(CC)nc(NCc2ncc(C)s2)c1C. The molecule has 0 aliphatic carbocycles. The van der Waals surface area contributed by atoms with Gasteiger partial charge in [0.15, 0.2) is 0 Å². The highest BCUT2D eigenvalue weighted by molar-refractivity contribution is 7.11. The molecule has 0 saturated heterocycles. The minimum absolute atomic E-state index is 0.699. The van der Waals surface area contributed by atoms with Crippen LogP contribution in [0.4, 0.5) is 11.6 Å². The van der Waals surface area contributed by atoms with Crippen molar-refractivity contribution in [3.63, 3.8) is 0 Å². The Kier molecular flexibility index (Phi) is 4.89. The van der Waals surface area contributed by atoms with E-state index in [0.717, 1.165) is 41.0 Å². The van der Waals surface area contributed by atoms with E-state index < -0.39 is 0 Å². The lowest BCUT2D eigenvalue weighted by atomic mass is 10.3. The predicted molar refractivity (Wildman–Crippen MR) is 84.5 cm³/mol. The smallest absolute Gasteiger partial charge is 0.135 e. The highest BCUT2D eigenvalue weighted by Gasteiger charge is 2.10. The van der Waals surface area contributed by atoms with Crippen molar-refractivity contribution in [3.05, 3.63) is 27.5 Å². The van der Waals surface area contributed by atoms with Gasteiger partial charge in [0.05, 0.1) is 6.54 Å². The van der Waals surface area contributed by atoms with Crippen molar-refractivity contribution in [3.8, 4) is 0 Å². The molecule has 0 bridgehead atoms. The van der Waals surface area contributed by atoms with Crippen LogP contribution in [0.5, 0.6) is 0 Å². The highest BCUT2D eigenvalue weighted by atomic mass is 32.1. The topological polar surface area (TPSA) is 62.7 Å². The maximum absolute atomic E-state index is 4.57. The summed E-state index contributed by atoms with van der Waals surface area (Å²) in [4.78, 5) is 14.7. The van der Waals surface area contributed by atoms with Crippen LogP contribution in [0, 0.1) is 13.8 Å². The average Bonchev–Trinajstić information content (AvgIpc) is 2.85. The predicted octanol–water partition coefficient (Wildman–Crippen LogP) is 3.16. The third-order valence-electron chi connectivity index (χ3n) is 2.93. The molecule has 2 rings (SSSR count). The van der Waals surface area contributed by atoms with E-state index in [-0.39, 0.29) is 0 Å². The van der Waals surface area contributed by atoms with Gasteiger partial charge in [-0.1, -0.05) is 6.92 Å². The largest absolute Gasteiger partial charge is 0.370 e. The van der Waals surface area contributed by atoms with Gasteiger partial charge in [-0.25, -0.2) is 15.0 Å². The zero-order valence-electron chi connectivity index (χ0n) is 12.4. The molecule has 0 aliphatic heterocycles. The second kappa shape index (κ2) is 6.65. The minimum Gasteiger partial charge on any atom is -0.370 e. The number of hydrogen-bond donors (Lipinski definition) is 2. The van der Waals surface area contributed by atoms with E-state index in [9.17, 15) is 0 Å². The fraction of sp³-hybridized carbons (Fsp3) is 0.500. The van der Waals surface area contributed by atoms with Crippen molar-refractivity contribution in [1.29, 1.82) is 0 Å². The van der Waals surface area contributed by atoms with E-state index in [0.29, 0.717) is 6.54 Å². The first-order valence-electron chi connectivity index (χ1n) is 6.90. The van der Waals surface area contributed by atoms with Crippen molar-refractivity contribution < 1.29 is 0 Å². The van der Waals surface area contributed by atoms with Crippen molar-refractivity contribution in [1.82, 2.24) is 15.0 Å².